The summed E-state index contributed by atoms with van der Waals surface area (Å²) < 4.78 is 13.1. The normalized spacial score (nSPS) is 12.0. The first kappa shape index (κ1) is 15.9. The van der Waals surface area contributed by atoms with E-state index >= 15 is 0 Å². The zero-order valence-electron chi connectivity index (χ0n) is 11.7. The number of anilines is 1. The Bertz CT molecular complexity index is 645. The van der Waals surface area contributed by atoms with E-state index in [0.717, 1.165) is 16.1 Å². The van der Waals surface area contributed by atoms with E-state index in [2.05, 4.69) is 5.32 Å². The largest absolute Gasteiger partial charge is 0.325 e. The van der Waals surface area contributed by atoms with Crippen LogP contribution in [0.15, 0.2) is 47.4 Å². The molecule has 1 amide bonds. The maximum Gasteiger partial charge on any atom is 0.237 e. The number of rotatable bonds is 4. The van der Waals surface area contributed by atoms with E-state index in [1.807, 2.05) is 31.2 Å². The van der Waals surface area contributed by atoms with Crippen molar-refractivity contribution in [2.75, 3.05) is 5.32 Å². The Balaban J connectivity index is 1.98. The van der Waals surface area contributed by atoms with Crippen LogP contribution >= 0.6 is 23.4 Å². The number of aryl methyl sites for hydroxylation is 1. The molecule has 2 nitrogen and oxygen atoms in total. The minimum absolute atomic E-state index is 0.0612. The third-order valence-corrected chi connectivity index (χ3v) is 4.28. The molecule has 0 saturated heterocycles. The van der Waals surface area contributed by atoms with Crippen LogP contribution < -0.4 is 5.32 Å². The van der Waals surface area contributed by atoms with Gasteiger partial charge in [0.05, 0.1) is 10.3 Å². The van der Waals surface area contributed by atoms with E-state index in [9.17, 15) is 9.18 Å². The topological polar surface area (TPSA) is 29.1 Å². The highest BCUT2D eigenvalue weighted by atomic mass is 35.5. The second kappa shape index (κ2) is 6.96. The van der Waals surface area contributed by atoms with Crippen LogP contribution in [-0.2, 0) is 4.79 Å². The number of thioether (sulfide) groups is 1. The first-order valence-corrected chi connectivity index (χ1v) is 7.70. The molecule has 0 unspecified atom stereocenters. The fourth-order valence-corrected chi connectivity index (χ4v) is 2.84. The Labute approximate surface area is 132 Å². The van der Waals surface area contributed by atoms with Gasteiger partial charge < -0.3 is 5.32 Å². The van der Waals surface area contributed by atoms with E-state index in [-0.39, 0.29) is 16.2 Å². The molecule has 0 aliphatic heterocycles. The maximum atomic E-state index is 13.1. The first-order valence-electron chi connectivity index (χ1n) is 6.45. The van der Waals surface area contributed by atoms with Crippen molar-refractivity contribution in [3.8, 4) is 0 Å². The number of benzene rings is 2. The van der Waals surface area contributed by atoms with Crippen molar-refractivity contribution in [1.29, 1.82) is 0 Å². The third-order valence-electron chi connectivity index (χ3n) is 2.89. The summed E-state index contributed by atoms with van der Waals surface area (Å²) in [4.78, 5) is 12.9. The summed E-state index contributed by atoms with van der Waals surface area (Å²) in [5.74, 6) is -0.568. The van der Waals surface area contributed by atoms with E-state index < -0.39 is 5.82 Å². The molecule has 0 aliphatic rings. The molecule has 0 saturated carbocycles. The van der Waals surface area contributed by atoms with Gasteiger partial charge in [-0.3, -0.25) is 4.79 Å². The highest BCUT2D eigenvalue weighted by molar-refractivity contribution is 8.00. The summed E-state index contributed by atoms with van der Waals surface area (Å²) in [6.45, 7) is 3.79. The van der Waals surface area contributed by atoms with Crippen molar-refractivity contribution in [2.24, 2.45) is 0 Å². The minimum Gasteiger partial charge on any atom is -0.325 e. The lowest BCUT2D eigenvalue weighted by Gasteiger charge is -2.12. The Hall–Kier alpha value is -1.52. The maximum absolute atomic E-state index is 13.1. The molecule has 110 valence electrons. The Morgan fingerprint density at radius 2 is 1.90 bits per heavy atom. The van der Waals surface area contributed by atoms with E-state index in [1.54, 1.807) is 13.0 Å². The number of carbonyl (C=O) groups excluding carboxylic acids is 1. The lowest BCUT2D eigenvalue weighted by molar-refractivity contribution is -0.115. The van der Waals surface area contributed by atoms with Gasteiger partial charge in [0, 0.05) is 10.6 Å². The predicted molar refractivity (Wildman–Crippen MR) is 86.5 cm³/mol. The summed E-state index contributed by atoms with van der Waals surface area (Å²) in [6, 6.07) is 12.0. The molecule has 0 aliphatic carbocycles. The second-order valence-corrected chi connectivity index (χ2v) is 6.51. The molecule has 1 N–H and O–H groups in total. The highest BCUT2D eigenvalue weighted by Gasteiger charge is 2.15. The quantitative estimate of drug-likeness (QED) is 0.810. The van der Waals surface area contributed by atoms with Gasteiger partial charge in [-0.25, -0.2) is 4.39 Å². The van der Waals surface area contributed by atoms with Crippen molar-refractivity contribution in [2.45, 2.75) is 24.0 Å². The molecule has 21 heavy (non-hydrogen) atoms. The second-order valence-electron chi connectivity index (χ2n) is 4.69. The summed E-state index contributed by atoms with van der Waals surface area (Å²) in [6.07, 6.45) is 0. The number of carbonyl (C=O) groups is 1. The van der Waals surface area contributed by atoms with E-state index in [1.165, 1.54) is 23.9 Å². The Kier molecular flexibility index (Phi) is 5.26. The van der Waals surface area contributed by atoms with Crippen LogP contribution in [0.2, 0.25) is 5.02 Å². The number of hydrogen-bond donors (Lipinski definition) is 1. The molecule has 5 heteroatoms. The van der Waals surface area contributed by atoms with Crippen molar-refractivity contribution < 1.29 is 9.18 Å². The lowest BCUT2D eigenvalue weighted by atomic mass is 10.2. The fraction of sp³-hybridized carbons (Fsp3) is 0.188. The molecule has 0 fully saturated rings. The molecular formula is C16H15ClFNOS. The highest BCUT2D eigenvalue weighted by Crippen LogP contribution is 2.28. The first-order chi connectivity index (χ1) is 9.95. The molecule has 2 aromatic carbocycles. The molecule has 2 rings (SSSR count). The van der Waals surface area contributed by atoms with Gasteiger partial charge in [-0.15, -0.1) is 11.8 Å². The summed E-state index contributed by atoms with van der Waals surface area (Å²) >= 11 is 7.07. The van der Waals surface area contributed by atoms with E-state index in [4.69, 9.17) is 11.6 Å². The summed E-state index contributed by atoms with van der Waals surface area (Å²) in [5, 5.41) is 2.60. The molecule has 0 heterocycles. The van der Waals surface area contributed by atoms with Gasteiger partial charge in [-0.05, 0) is 44.2 Å². The number of halogens is 2. The van der Waals surface area contributed by atoms with Crippen LogP contribution in [0.5, 0.6) is 0 Å². The lowest BCUT2D eigenvalue weighted by Crippen LogP contribution is -2.22. The van der Waals surface area contributed by atoms with Crippen LogP contribution in [0.4, 0.5) is 10.1 Å². The molecule has 0 bridgehead atoms. The zero-order chi connectivity index (χ0) is 15.4. The van der Waals surface area contributed by atoms with Crippen LogP contribution in [0.25, 0.3) is 0 Å². The van der Waals surface area contributed by atoms with Gasteiger partial charge in [-0.1, -0.05) is 29.3 Å². The SMILES string of the molecule is Cc1ccc(NC(=O)[C@@H](C)Sc2ccc(F)c(Cl)c2)cc1. The van der Waals surface area contributed by atoms with Crippen molar-refractivity contribution in [1.82, 2.24) is 0 Å². The van der Waals surface area contributed by atoms with Crippen molar-refractivity contribution >= 4 is 35.0 Å². The van der Waals surface area contributed by atoms with Gasteiger partial charge in [0.25, 0.3) is 0 Å². The molecule has 0 aromatic heterocycles. The van der Waals surface area contributed by atoms with Crippen LogP contribution in [0.3, 0.4) is 0 Å². The third kappa shape index (κ3) is 4.48. The monoisotopic (exact) mass is 323 g/mol. The standard InChI is InChI=1S/C16H15ClFNOS/c1-10-3-5-12(6-4-10)19-16(20)11(2)21-13-7-8-15(18)14(17)9-13/h3-9,11H,1-2H3,(H,19,20)/t11-/m1/s1. The number of nitrogens with one attached hydrogen (secondary N) is 1. The number of hydrogen-bond acceptors (Lipinski definition) is 2. The summed E-state index contributed by atoms with van der Waals surface area (Å²) in [5.41, 5.74) is 1.89. The van der Waals surface area contributed by atoms with Crippen LogP contribution in [-0.4, -0.2) is 11.2 Å². The minimum atomic E-state index is -0.460. The molecule has 0 radical (unpaired) electrons. The van der Waals surface area contributed by atoms with Crippen molar-refractivity contribution in [3.05, 3.63) is 58.9 Å². The van der Waals surface area contributed by atoms with Gasteiger partial charge in [0.1, 0.15) is 5.82 Å². The average molecular weight is 324 g/mol. The summed E-state index contributed by atoms with van der Waals surface area (Å²) in [7, 11) is 0. The van der Waals surface area contributed by atoms with E-state index in [0.29, 0.717) is 0 Å². The molecule has 0 spiro atoms. The number of amides is 1. The zero-order valence-corrected chi connectivity index (χ0v) is 13.3. The predicted octanol–water partition coefficient (Wildman–Crippen LogP) is 4.91. The Morgan fingerprint density at radius 1 is 1.24 bits per heavy atom. The van der Waals surface area contributed by atoms with Gasteiger partial charge >= 0.3 is 0 Å². The van der Waals surface area contributed by atoms with Gasteiger partial charge in [0.15, 0.2) is 0 Å². The molecular weight excluding hydrogens is 309 g/mol. The van der Waals surface area contributed by atoms with Crippen LogP contribution in [0.1, 0.15) is 12.5 Å². The van der Waals surface area contributed by atoms with Gasteiger partial charge in [0.2, 0.25) is 5.91 Å². The smallest absolute Gasteiger partial charge is 0.237 e. The van der Waals surface area contributed by atoms with Crippen molar-refractivity contribution in [3.63, 3.8) is 0 Å². The molecule has 2 aromatic rings. The Morgan fingerprint density at radius 3 is 2.52 bits per heavy atom. The average Bonchev–Trinajstić information content (AvgIpc) is 2.45. The van der Waals surface area contributed by atoms with Gasteiger partial charge in [-0.2, -0.15) is 0 Å². The fourth-order valence-electron chi connectivity index (χ4n) is 1.69. The molecule has 1 atom stereocenters. The van der Waals surface area contributed by atoms with Crippen LogP contribution in [0, 0.1) is 12.7 Å².